The molecule has 23 heavy (non-hydrogen) atoms. The van der Waals surface area contributed by atoms with E-state index < -0.39 is 10.0 Å². The third kappa shape index (κ3) is 3.61. The van der Waals surface area contributed by atoms with E-state index in [2.05, 4.69) is 10.1 Å². The van der Waals surface area contributed by atoms with Crippen molar-refractivity contribution in [1.82, 2.24) is 14.4 Å². The summed E-state index contributed by atoms with van der Waals surface area (Å²) in [7, 11) is -3.29. The van der Waals surface area contributed by atoms with E-state index >= 15 is 0 Å². The van der Waals surface area contributed by atoms with Gasteiger partial charge in [-0.05, 0) is 30.9 Å². The lowest BCUT2D eigenvalue weighted by Gasteiger charge is -2.30. The molecule has 1 aromatic carbocycles. The second-order valence-electron chi connectivity index (χ2n) is 6.03. The lowest BCUT2D eigenvalue weighted by atomic mass is 9.98. The molecule has 2 aromatic rings. The molecule has 2 heterocycles. The molecule has 0 saturated carbocycles. The number of hydrogen-bond donors (Lipinski definition) is 0. The van der Waals surface area contributed by atoms with E-state index in [-0.39, 0.29) is 11.7 Å². The first-order valence-corrected chi connectivity index (χ1v) is 9.39. The van der Waals surface area contributed by atoms with Crippen molar-refractivity contribution in [3.63, 3.8) is 0 Å². The van der Waals surface area contributed by atoms with Crippen LogP contribution < -0.4 is 0 Å². The first-order chi connectivity index (χ1) is 11.0. The van der Waals surface area contributed by atoms with E-state index in [1.54, 1.807) is 11.2 Å². The molecule has 124 valence electrons. The van der Waals surface area contributed by atoms with Gasteiger partial charge in [-0.2, -0.15) is 4.98 Å². The summed E-state index contributed by atoms with van der Waals surface area (Å²) in [5.74, 6) is 1.48. The molecule has 0 amide bonds. The predicted octanol–water partition coefficient (Wildman–Crippen LogP) is 2.40. The Kier molecular flexibility index (Phi) is 4.50. The lowest BCUT2D eigenvalue weighted by Crippen LogP contribution is -2.38. The average molecular weight is 335 g/mol. The number of rotatable bonds is 4. The number of piperidine rings is 1. The first kappa shape index (κ1) is 16.1. The zero-order valence-electron chi connectivity index (χ0n) is 13.4. The van der Waals surface area contributed by atoms with E-state index in [0.29, 0.717) is 24.8 Å². The minimum Gasteiger partial charge on any atom is -0.340 e. The van der Waals surface area contributed by atoms with E-state index in [0.717, 1.165) is 24.0 Å². The Balaban J connectivity index is 1.65. The summed E-state index contributed by atoms with van der Waals surface area (Å²) in [6.07, 6.45) is 1.46. The molecule has 6 nitrogen and oxygen atoms in total. The molecule has 1 aromatic heterocycles. The maximum atomic E-state index is 12.6. The topological polar surface area (TPSA) is 76.3 Å². The first-order valence-electron chi connectivity index (χ1n) is 7.78. The van der Waals surface area contributed by atoms with E-state index in [1.807, 2.05) is 31.2 Å². The van der Waals surface area contributed by atoms with Crippen molar-refractivity contribution in [1.29, 1.82) is 0 Å². The minimum atomic E-state index is -3.29. The summed E-state index contributed by atoms with van der Waals surface area (Å²) in [5, 5.41) is 3.95. The zero-order valence-corrected chi connectivity index (χ0v) is 14.2. The summed E-state index contributed by atoms with van der Waals surface area (Å²) in [6.45, 7) is 4.72. The van der Waals surface area contributed by atoms with E-state index in [1.165, 1.54) is 0 Å². The van der Waals surface area contributed by atoms with Crippen LogP contribution in [-0.2, 0) is 15.8 Å². The van der Waals surface area contributed by atoms with Gasteiger partial charge in [-0.3, -0.25) is 0 Å². The molecule has 3 rings (SSSR count). The van der Waals surface area contributed by atoms with Crippen LogP contribution in [0.25, 0.3) is 0 Å². The van der Waals surface area contributed by atoms with Crippen molar-refractivity contribution in [3.8, 4) is 0 Å². The molecule has 7 heteroatoms. The van der Waals surface area contributed by atoms with E-state index in [4.69, 9.17) is 4.52 Å². The quantitative estimate of drug-likeness (QED) is 0.857. The predicted molar refractivity (Wildman–Crippen MR) is 86.4 cm³/mol. The molecule has 0 bridgehead atoms. The second-order valence-corrected chi connectivity index (χ2v) is 8.00. The Hall–Kier alpha value is -1.73. The van der Waals surface area contributed by atoms with Gasteiger partial charge in [-0.25, -0.2) is 12.7 Å². The summed E-state index contributed by atoms with van der Waals surface area (Å²) < 4.78 is 31.9. The Morgan fingerprint density at radius 3 is 2.52 bits per heavy atom. The average Bonchev–Trinajstić information content (AvgIpc) is 2.96. The molecule has 1 saturated heterocycles. The van der Waals surface area contributed by atoms with Crippen molar-refractivity contribution in [3.05, 3.63) is 47.1 Å². The SMILES string of the molecule is Cc1nc(C2CCN(S(=O)(=O)Cc3ccccc3C)CC2)no1. The van der Waals surface area contributed by atoms with Gasteiger partial charge < -0.3 is 4.52 Å². The number of benzene rings is 1. The van der Waals surface area contributed by atoms with Crippen LogP contribution in [0.15, 0.2) is 28.8 Å². The molecule has 0 atom stereocenters. The van der Waals surface area contributed by atoms with Crippen molar-refractivity contribution in [2.45, 2.75) is 38.4 Å². The van der Waals surface area contributed by atoms with Crippen molar-refractivity contribution in [2.75, 3.05) is 13.1 Å². The fourth-order valence-corrected chi connectivity index (χ4v) is 4.60. The fourth-order valence-electron chi connectivity index (χ4n) is 2.93. The smallest absolute Gasteiger partial charge is 0.223 e. The van der Waals surface area contributed by atoms with Gasteiger partial charge in [0.05, 0.1) is 5.75 Å². The molecule has 0 N–H and O–H groups in total. The van der Waals surface area contributed by atoms with Crippen molar-refractivity contribution >= 4 is 10.0 Å². The highest BCUT2D eigenvalue weighted by Crippen LogP contribution is 2.28. The molecule has 1 aliphatic heterocycles. The van der Waals surface area contributed by atoms with Gasteiger partial charge in [0.15, 0.2) is 5.82 Å². The molecular weight excluding hydrogens is 314 g/mol. The Bertz CT molecular complexity index is 777. The fraction of sp³-hybridized carbons (Fsp3) is 0.500. The van der Waals surface area contributed by atoms with Crippen LogP contribution >= 0.6 is 0 Å². The number of sulfonamides is 1. The van der Waals surface area contributed by atoms with Gasteiger partial charge in [0.1, 0.15) is 0 Å². The molecule has 1 fully saturated rings. The van der Waals surface area contributed by atoms with Gasteiger partial charge in [0, 0.05) is 25.9 Å². The van der Waals surface area contributed by atoms with Gasteiger partial charge in [-0.15, -0.1) is 0 Å². The monoisotopic (exact) mass is 335 g/mol. The van der Waals surface area contributed by atoms with Crippen LogP contribution in [0.3, 0.4) is 0 Å². The number of hydrogen-bond acceptors (Lipinski definition) is 5. The Morgan fingerprint density at radius 1 is 1.22 bits per heavy atom. The van der Waals surface area contributed by atoms with Gasteiger partial charge in [0.25, 0.3) is 0 Å². The van der Waals surface area contributed by atoms with Crippen molar-refractivity contribution in [2.24, 2.45) is 0 Å². The summed E-state index contributed by atoms with van der Waals surface area (Å²) >= 11 is 0. The van der Waals surface area contributed by atoms with Crippen LogP contribution in [-0.4, -0.2) is 36.0 Å². The molecular formula is C16H21N3O3S. The van der Waals surface area contributed by atoms with Crippen LogP contribution in [0.2, 0.25) is 0 Å². The Labute approximate surface area is 136 Å². The molecule has 0 aliphatic carbocycles. The number of aromatic nitrogens is 2. The van der Waals surface area contributed by atoms with Crippen LogP contribution in [0, 0.1) is 13.8 Å². The van der Waals surface area contributed by atoms with Crippen LogP contribution in [0.5, 0.6) is 0 Å². The largest absolute Gasteiger partial charge is 0.340 e. The minimum absolute atomic E-state index is 0.0612. The summed E-state index contributed by atoms with van der Waals surface area (Å²) in [4.78, 5) is 4.26. The highest BCUT2D eigenvalue weighted by Gasteiger charge is 2.30. The van der Waals surface area contributed by atoms with Crippen LogP contribution in [0.4, 0.5) is 0 Å². The molecule has 1 aliphatic rings. The highest BCUT2D eigenvalue weighted by atomic mass is 32.2. The normalized spacial score (nSPS) is 17.5. The zero-order chi connectivity index (χ0) is 16.4. The lowest BCUT2D eigenvalue weighted by molar-refractivity contribution is 0.305. The molecule has 0 spiro atoms. The van der Waals surface area contributed by atoms with Gasteiger partial charge in [-0.1, -0.05) is 29.4 Å². The van der Waals surface area contributed by atoms with Crippen LogP contribution in [0.1, 0.15) is 41.6 Å². The van der Waals surface area contributed by atoms with E-state index in [9.17, 15) is 8.42 Å². The highest BCUT2D eigenvalue weighted by molar-refractivity contribution is 7.88. The Morgan fingerprint density at radius 2 is 1.91 bits per heavy atom. The number of aryl methyl sites for hydroxylation is 2. The third-order valence-electron chi connectivity index (χ3n) is 4.35. The summed E-state index contributed by atoms with van der Waals surface area (Å²) in [5.41, 5.74) is 1.87. The maximum absolute atomic E-state index is 12.6. The molecule has 0 radical (unpaired) electrons. The second kappa shape index (κ2) is 6.41. The van der Waals surface area contributed by atoms with Crippen molar-refractivity contribution < 1.29 is 12.9 Å². The molecule has 0 unspecified atom stereocenters. The standard InChI is InChI=1S/C16H21N3O3S/c1-12-5-3-4-6-15(12)11-23(20,21)19-9-7-14(8-10-19)16-17-13(2)22-18-16/h3-6,14H,7-11H2,1-2H3. The third-order valence-corrected chi connectivity index (χ3v) is 6.18. The number of nitrogens with zero attached hydrogens (tertiary/aromatic N) is 3. The maximum Gasteiger partial charge on any atom is 0.223 e. The van der Waals surface area contributed by atoms with Gasteiger partial charge in [0.2, 0.25) is 15.9 Å². The van der Waals surface area contributed by atoms with Gasteiger partial charge >= 0.3 is 0 Å². The summed E-state index contributed by atoms with van der Waals surface area (Å²) in [6, 6.07) is 7.61.